The van der Waals surface area contributed by atoms with Gasteiger partial charge in [0.1, 0.15) is 6.04 Å². The third-order valence-electron chi connectivity index (χ3n) is 3.50. The average molecular weight is 289 g/mol. The van der Waals surface area contributed by atoms with Gasteiger partial charge in [0.05, 0.1) is 0 Å². The van der Waals surface area contributed by atoms with E-state index in [1.165, 1.54) is 11.1 Å². The Labute approximate surface area is 123 Å². The number of carbonyl (C=O) groups excluding carboxylic acids is 3. The van der Waals surface area contributed by atoms with Gasteiger partial charge in [0, 0.05) is 13.0 Å². The molecule has 0 aliphatic carbocycles. The lowest BCUT2D eigenvalue weighted by Crippen LogP contribution is -2.32. The third kappa shape index (κ3) is 4.30. The van der Waals surface area contributed by atoms with Crippen LogP contribution in [0.25, 0.3) is 0 Å². The zero-order chi connectivity index (χ0) is 15.2. The van der Waals surface area contributed by atoms with Crippen LogP contribution in [0.4, 0.5) is 4.79 Å². The third-order valence-corrected chi connectivity index (χ3v) is 3.50. The van der Waals surface area contributed by atoms with Crippen molar-refractivity contribution >= 4 is 17.8 Å². The van der Waals surface area contributed by atoms with E-state index < -0.39 is 12.1 Å². The van der Waals surface area contributed by atoms with Gasteiger partial charge < -0.3 is 10.6 Å². The number of imide groups is 1. The second-order valence-electron chi connectivity index (χ2n) is 5.08. The van der Waals surface area contributed by atoms with Crippen molar-refractivity contribution in [3.8, 4) is 0 Å². The molecule has 0 unspecified atom stereocenters. The molecule has 1 aromatic rings. The molecular formula is C15H19N3O3. The highest BCUT2D eigenvalue weighted by Crippen LogP contribution is 2.07. The molecule has 1 saturated heterocycles. The molecule has 0 radical (unpaired) electrons. The van der Waals surface area contributed by atoms with Gasteiger partial charge in [0.25, 0.3) is 5.91 Å². The van der Waals surface area contributed by atoms with Crippen LogP contribution in [0.2, 0.25) is 0 Å². The Morgan fingerprint density at radius 3 is 2.71 bits per heavy atom. The number of hydrogen-bond donors (Lipinski definition) is 3. The Kier molecular flexibility index (Phi) is 4.92. The fourth-order valence-electron chi connectivity index (χ4n) is 2.25. The highest BCUT2D eigenvalue weighted by molar-refractivity contribution is 6.04. The number of benzene rings is 1. The molecule has 21 heavy (non-hydrogen) atoms. The van der Waals surface area contributed by atoms with Crippen LogP contribution in [-0.4, -0.2) is 30.4 Å². The topological polar surface area (TPSA) is 87.3 Å². The Morgan fingerprint density at radius 2 is 2.05 bits per heavy atom. The molecule has 4 amide bonds. The Balaban J connectivity index is 1.67. The summed E-state index contributed by atoms with van der Waals surface area (Å²) in [7, 11) is 0. The maximum Gasteiger partial charge on any atom is 0.322 e. The van der Waals surface area contributed by atoms with Crippen LogP contribution in [0.1, 0.15) is 24.0 Å². The van der Waals surface area contributed by atoms with Crippen molar-refractivity contribution < 1.29 is 14.4 Å². The average Bonchev–Trinajstić information content (AvgIpc) is 2.77. The van der Waals surface area contributed by atoms with Crippen molar-refractivity contribution in [2.24, 2.45) is 0 Å². The summed E-state index contributed by atoms with van der Waals surface area (Å²) in [6, 6.07) is 6.95. The Bertz CT molecular complexity index is 557. The van der Waals surface area contributed by atoms with E-state index in [4.69, 9.17) is 0 Å². The summed E-state index contributed by atoms with van der Waals surface area (Å²) in [4.78, 5) is 33.9. The van der Waals surface area contributed by atoms with Gasteiger partial charge in [-0.2, -0.15) is 0 Å². The normalized spacial score (nSPS) is 17.3. The zero-order valence-corrected chi connectivity index (χ0v) is 11.9. The lowest BCUT2D eigenvalue weighted by atomic mass is 10.1. The number of nitrogens with one attached hydrogen (secondary N) is 3. The molecule has 0 bridgehead atoms. The van der Waals surface area contributed by atoms with Crippen molar-refractivity contribution in [1.29, 1.82) is 0 Å². The predicted molar refractivity (Wildman–Crippen MR) is 77.6 cm³/mol. The maximum atomic E-state index is 11.7. The minimum Gasteiger partial charge on any atom is -0.356 e. The van der Waals surface area contributed by atoms with E-state index in [9.17, 15) is 14.4 Å². The summed E-state index contributed by atoms with van der Waals surface area (Å²) < 4.78 is 0. The van der Waals surface area contributed by atoms with E-state index in [1.807, 2.05) is 31.2 Å². The van der Waals surface area contributed by atoms with Gasteiger partial charge in [0.15, 0.2) is 0 Å². The summed E-state index contributed by atoms with van der Waals surface area (Å²) in [5, 5.41) is 7.43. The maximum absolute atomic E-state index is 11.7. The van der Waals surface area contributed by atoms with Crippen LogP contribution in [0.15, 0.2) is 24.3 Å². The molecule has 0 saturated carbocycles. The van der Waals surface area contributed by atoms with Crippen molar-refractivity contribution in [1.82, 2.24) is 16.0 Å². The first-order chi connectivity index (χ1) is 10.1. The minimum absolute atomic E-state index is 0.113. The van der Waals surface area contributed by atoms with Gasteiger partial charge in [-0.15, -0.1) is 0 Å². The van der Waals surface area contributed by atoms with E-state index in [-0.39, 0.29) is 18.2 Å². The Hall–Kier alpha value is -2.37. The molecular weight excluding hydrogens is 270 g/mol. The summed E-state index contributed by atoms with van der Waals surface area (Å²) in [6.07, 6.45) is 1.30. The summed E-state index contributed by atoms with van der Waals surface area (Å²) in [6.45, 7) is 2.60. The first kappa shape index (κ1) is 15.0. The molecule has 112 valence electrons. The SMILES string of the molecule is Cc1ccccc1CCNC(=O)CC[C@H]1NC(=O)NC1=O. The molecule has 1 aliphatic heterocycles. The molecule has 1 aliphatic rings. The molecule has 1 fully saturated rings. The summed E-state index contributed by atoms with van der Waals surface area (Å²) >= 11 is 0. The zero-order valence-electron chi connectivity index (χ0n) is 11.9. The molecule has 2 rings (SSSR count). The number of amides is 4. The smallest absolute Gasteiger partial charge is 0.322 e. The molecule has 0 spiro atoms. The fourth-order valence-corrected chi connectivity index (χ4v) is 2.25. The summed E-state index contributed by atoms with van der Waals surface area (Å²) in [5.74, 6) is -0.481. The van der Waals surface area contributed by atoms with Crippen LogP contribution >= 0.6 is 0 Å². The van der Waals surface area contributed by atoms with Crippen LogP contribution < -0.4 is 16.0 Å². The highest BCUT2D eigenvalue weighted by atomic mass is 16.2. The molecule has 1 aromatic carbocycles. The van der Waals surface area contributed by atoms with Gasteiger partial charge in [0.2, 0.25) is 5.91 Å². The molecule has 1 atom stereocenters. The van der Waals surface area contributed by atoms with Gasteiger partial charge in [-0.3, -0.25) is 14.9 Å². The van der Waals surface area contributed by atoms with Gasteiger partial charge in [-0.25, -0.2) is 4.79 Å². The molecule has 6 nitrogen and oxygen atoms in total. The predicted octanol–water partition coefficient (Wildman–Crippen LogP) is 0.642. The second kappa shape index (κ2) is 6.88. The van der Waals surface area contributed by atoms with Gasteiger partial charge in [-0.1, -0.05) is 24.3 Å². The van der Waals surface area contributed by atoms with E-state index in [2.05, 4.69) is 16.0 Å². The summed E-state index contributed by atoms with van der Waals surface area (Å²) in [5.41, 5.74) is 2.41. The van der Waals surface area contributed by atoms with Crippen molar-refractivity contribution in [3.63, 3.8) is 0 Å². The largest absolute Gasteiger partial charge is 0.356 e. The van der Waals surface area contributed by atoms with Crippen LogP contribution in [0.5, 0.6) is 0 Å². The van der Waals surface area contributed by atoms with Crippen LogP contribution in [0, 0.1) is 6.92 Å². The van der Waals surface area contributed by atoms with E-state index in [0.717, 1.165) is 6.42 Å². The number of rotatable bonds is 6. The number of carbonyl (C=O) groups is 3. The van der Waals surface area contributed by atoms with Gasteiger partial charge >= 0.3 is 6.03 Å². The quantitative estimate of drug-likeness (QED) is 0.672. The molecule has 0 aromatic heterocycles. The molecule has 6 heteroatoms. The van der Waals surface area contributed by atoms with E-state index >= 15 is 0 Å². The fraction of sp³-hybridized carbons (Fsp3) is 0.400. The molecule has 1 heterocycles. The monoisotopic (exact) mass is 289 g/mol. The van der Waals surface area contributed by atoms with Crippen LogP contribution in [-0.2, 0) is 16.0 Å². The second-order valence-corrected chi connectivity index (χ2v) is 5.08. The number of urea groups is 1. The minimum atomic E-state index is -0.598. The number of aryl methyl sites for hydroxylation is 1. The van der Waals surface area contributed by atoms with Crippen molar-refractivity contribution in [2.75, 3.05) is 6.54 Å². The number of hydrogen-bond acceptors (Lipinski definition) is 3. The molecule has 3 N–H and O–H groups in total. The highest BCUT2D eigenvalue weighted by Gasteiger charge is 2.29. The first-order valence-corrected chi connectivity index (χ1v) is 6.99. The van der Waals surface area contributed by atoms with Gasteiger partial charge in [-0.05, 0) is 30.9 Å². The standard InChI is InChI=1S/C15H19N3O3/c1-10-4-2-3-5-11(10)8-9-16-13(19)7-6-12-14(20)18-15(21)17-12/h2-5,12H,6-9H2,1H3,(H,16,19)(H2,17,18,20,21)/t12-/m1/s1. The lowest BCUT2D eigenvalue weighted by Gasteiger charge is -2.09. The van der Waals surface area contributed by atoms with E-state index in [1.54, 1.807) is 0 Å². The van der Waals surface area contributed by atoms with E-state index in [0.29, 0.717) is 13.0 Å². The van der Waals surface area contributed by atoms with Crippen molar-refractivity contribution in [2.45, 2.75) is 32.2 Å². The Morgan fingerprint density at radius 1 is 1.29 bits per heavy atom. The lowest BCUT2D eigenvalue weighted by molar-refractivity contribution is -0.122. The van der Waals surface area contributed by atoms with Crippen LogP contribution in [0.3, 0.4) is 0 Å². The first-order valence-electron chi connectivity index (χ1n) is 6.99. The van der Waals surface area contributed by atoms with Crippen molar-refractivity contribution in [3.05, 3.63) is 35.4 Å².